The van der Waals surface area contributed by atoms with Gasteiger partial charge in [-0.05, 0) is 42.8 Å². The fourth-order valence-corrected chi connectivity index (χ4v) is 3.15. The van der Waals surface area contributed by atoms with Crippen molar-refractivity contribution >= 4 is 16.7 Å². The van der Waals surface area contributed by atoms with Crippen molar-refractivity contribution in [2.45, 2.75) is 6.92 Å². The van der Waals surface area contributed by atoms with E-state index in [1.165, 1.54) is 30.3 Å². The fraction of sp³-hybridized carbons (Fsp3) is 0.0500. The molecule has 0 spiro atoms. The molecule has 0 atom stereocenters. The third-order valence-corrected chi connectivity index (χ3v) is 4.30. The number of fused-ring (bicyclic) bond motifs is 2. The maximum atomic E-state index is 11.7. The molecule has 0 bridgehead atoms. The first-order valence-corrected chi connectivity index (χ1v) is 7.89. The second-order valence-electron chi connectivity index (χ2n) is 6.09. The largest absolute Gasteiger partial charge is 0.508 e. The third kappa shape index (κ3) is 2.48. The smallest absolute Gasteiger partial charge is 0.277 e. The van der Waals surface area contributed by atoms with Crippen LogP contribution in [0.25, 0.3) is 33.4 Å². The Morgan fingerprint density at radius 2 is 1.77 bits per heavy atom. The van der Waals surface area contributed by atoms with E-state index in [4.69, 9.17) is 4.42 Å². The highest BCUT2D eigenvalue weighted by molar-refractivity contribution is 6.04. The summed E-state index contributed by atoms with van der Waals surface area (Å²) in [6.45, 7) is 1.79. The SMILES string of the molecule is Cc1ccc(-c2c3ccc(=O)cc-3oc3cc(O)ccc23)c([N+](=O)[O-])c1. The zero-order valence-corrected chi connectivity index (χ0v) is 13.7. The number of aromatic hydroxyl groups is 1. The number of rotatable bonds is 2. The van der Waals surface area contributed by atoms with Crippen LogP contribution in [0.15, 0.2) is 63.8 Å². The van der Waals surface area contributed by atoms with Crippen LogP contribution in [0.1, 0.15) is 5.56 Å². The molecule has 128 valence electrons. The average Bonchev–Trinajstić information content (AvgIpc) is 2.59. The quantitative estimate of drug-likeness (QED) is 0.328. The lowest BCUT2D eigenvalue weighted by atomic mass is 9.92. The lowest BCUT2D eigenvalue weighted by Gasteiger charge is -2.15. The highest BCUT2D eigenvalue weighted by Gasteiger charge is 2.23. The average molecular weight is 347 g/mol. The standard InChI is InChI=1S/C20H13NO5/c1-11-2-5-14(17(8-11)21(24)25)20-15-6-3-12(22)9-18(15)26-19-10-13(23)4-7-16(19)20/h2-10,22H,1H3. The van der Waals surface area contributed by atoms with Crippen LogP contribution in [0, 0.1) is 17.0 Å². The van der Waals surface area contributed by atoms with Crippen LogP contribution >= 0.6 is 0 Å². The van der Waals surface area contributed by atoms with E-state index in [-0.39, 0.29) is 16.9 Å². The first kappa shape index (κ1) is 15.8. The Morgan fingerprint density at radius 3 is 2.54 bits per heavy atom. The van der Waals surface area contributed by atoms with E-state index in [0.717, 1.165) is 5.56 Å². The van der Waals surface area contributed by atoms with Crippen LogP contribution < -0.4 is 5.43 Å². The van der Waals surface area contributed by atoms with Crippen LogP contribution in [0.4, 0.5) is 5.69 Å². The summed E-state index contributed by atoms with van der Waals surface area (Å²) in [4.78, 5) is 22.9. The van der Waals surface area contributed by atoms with Crippen molar-refractivity contribution in [2.24, 2.45) is 0 Å². The van der Waals surface area contributed by atoms with Crippen LogP contribution in [0.5, 0.6) is 5.75 Å². The Labute approximate surface area is 147 Å². The summed E-state index contributed by atoms with van der Waals surface area (Å²) in [6.07, 6.45) is 0. The van der Waals surface area contributed by atoms with Crippen LogP contribution in [-0.2, 0) is 0 Å². The Balaban J connectivity index is 2.21. The molecule has 2 aromatic rings. The predicted octanol–water partition coefficient (Wildman–Crippen LogP) is 4.49. The molecule has 0 amide bonds. The highest BCUT2D eigenvalue weighted by Crippen LogP contribution is 2.43. The molecular weight excluding hydrogens is 334 g/mol. The highest BCUT2D eigenvalue weighted by atomic mass is 16.6. The molecule has 0 saturated heterocycles. The van der Waals surface area contributed by atoms with Crippen molar-refractivity contribution in [1.29, 1.82) is 0 Å². The van der Waals surface area contributed by atoms with E-state index < -0.39 is 4.92 Å². The van der Waals surface area contributed by atoms with Crippen molar-refractivity contribution in [3.63, 3.8) is 0 Å². The zero-order chi connectivity index (χ0) is 18.4. The Morgan fingerprint density at radius 1 is 1.00 bits per heavy atom. The van der Waals surface area contributed by atoms with Crippen molar-refractivity contribution in [3.8, 4) is 28.2 Å². The summed E-state index contributed by atoms with van der Waals surface area (Å²) in [5.41, 5.74) is 2.46. The van der Waals surface area contributed by atoms with Gasteiger partial charge in [0.25, 0.3) is 5.69 Å². The van der Waals surface area contributed by atoms with Gasteiger partial charge in [0.05, 0.1) is 10.5 Å². The van der Waals surface area contributed by atoms with Gasteiger partial charge in [-0.15, -0.1) is 0 Å². The molecule has 1 aliphatic heterocycles. The van der Waals surface area contributed by atoms with Crippen LogP contribution in [-0.4, -0.2) is 10.0 Å². The van der Waals surface area contributed by atoms with Crippen LogP contribution in [0.3, 0.4) is 0 Å². The van der Waals surface area contributed by atoms with E-state index in [0.29, 0.717) is 33.4 Å². The minimum absolute atomic E-state index is 0.00299. The molecule has 1 aliphatic carbocycles. The minimum atomic E-state index is -0.424. The molecule has 0 fully saturated rings. The molecule has 0 aromatic heterocycles. The fourth-order valence-electron chi connectivity index (χ4n) is 3.15. The molecule has 0 radical (unpaired) electrons. The Kier molecular flexibility index (Phi) is 3.47. The van der Waals surface area contributed by atoms with Gasteiger partial charge < -0.3 is 9.52 Å². The molecule has 1 heterocycles. The third-order valence-electron chi connectivity index (χ3n) is 4.30. The first-order valence-electron chi connectivity index (χ1n) is 7.89. The van der Waals surface area contributed by atoms with Gasteiger partial charge in [-0.25, -0.2) is 0 Å². The summed E-state index contributed by atoms with van der Waals surface area (Å²) in [6, 6.07) is 13.9. The second-order valence-corrected chi connectivity index (χ2v) is 6.09. The van der Waals surface area contributed by atoms with Gasteiger partial charge in [0.2, 0.25) is 0 Å². The van der Waals surface area contributed by atoms with Gasteiger partial charge in [0, 0.05) is 34.7 Å². The number of nitro benzene ring substituents is 1. The number of phenols is 1. The monoisotopic (exact) mass is 347 g/mol. The van der Waals surface area contributed by atoms with Crippen molar-refractivity contribution in [1.82, 2.24) is 0 Å². The first-order chi connectivity index (χ1) is 12.4. The van der Waals surface area contributed by atoms with Crippen molar-refractivity contribution < 1.29 is 14.4 Å². The number of hydrogen-bond donors (Lipinski definition) is 1. The van der Waals surface area contributed by atoms with Crippen molar-refractivity contribution in [2.75, 3.05) is 0 Å². The Bertz CT molecular complexity index is 1210. The van der Waals surface area contributed by atoms with Gasteiger partial charge in [0.15, 0.2) is 5.43 Å². The summed E-state index contributed by atoms with van der Waals surface area (Å²) in [5.74, 6) is 0.309. The lowest BCUT2D eigenvalue weighted by Crippen LogP contribution is -2.01. The molecule has 0 saturated carbocycles. The minimum Gasteiger partial charge on any atom is -0.508 e. The van der Waals surface area contributed by atoms with Gasteiger partial charge in [-0.3, -0.25) is 14.9 Å². The normalized spacial score (nSPS) is 11.1. The number of hydrogen-bond acceptors (Lipinski definition) is 5. The molecule has 6 nitrogen and oxygen atoms in total. The number of phenolic OH excluding ortho intramolecular Hbond substituents is 1. The molecule has 0 unspecified atom stereocenters. The molecule has 2 aliphatic rings. The van der Waals surface area contributed by atoms with E-state index in [2.05, 4.69) is 0 Å². The Hall–Kier alpha value is -3.67. The molecular formula is C20H13NO5. The summed E-state index contributed by atoms with van der Waals surface area (Å²) in [7, 11) is 0. The molecule has 2 aromatic carbocycles. The van der Waals surface area contributed by atoms with E-state index in [1.54, 1.807) is 31.2 Å². The number of aryl methyl sites for hydroxylation is 1. The summed E-state index contributed by atoms with van der Waals surface area (Å²) < 4.78 is 5.76. The number of benzene rings is 3. The van der Waals surface area contributed by atoms with E-state index in [1.807, 2.05) is 0 Å². The maximum Gasteiger partial charge on any atom is 0.277 e. The van der Waals surface area contributed by atoms with Gasteiger partial charge in [-0.2, -0.15) is 0 Å². The maximum absolute atomic E-state index is 11.7. The zero-order valence-electron chi connectivity index (χ0n) is 13.7. The summed E-state index contributed by atoms with van der Waals surface area (Å²) >= 11 is 0. The van der Waals surface area contributed by atoms with Gasteiger partial charge in [-0.1, -0.05) is 6.07 Å². The number of nitro groups is 1. The molecule has 26 heavy (non-hydrogen) atoms. The van der Waals surface area contributed by atoms with Crippen LogP contribution in [0.2, 0.25) is 0 Å². The predicted molar refractivity (Wildman–Crippen MR) is 97.6 cm³/mol. The topological polar surface area (TPSA) is 93.6 Å². The van der Waals surface area contributed by atoms with Gasteiger partial charge in [0.1, 0.15) is 17.1 Å². The molecule has 4 rings (SSSR count). The number of nitrogens with zero attached hydrogens (tertiary/aromatic N) is 1. The van der Waals surface area contributed by atoms with Crippen molar-refractivity contribution in [3.05, 3.63) is 80.5 Å². The lowest BCUT2D eigenvalue weighted by molar-refractivity contribution is -0.384. The van der Waals surface area contributed by atoms with E-state index >= 15 is 0 Å². The summed E-state index contributed by atoms with van der Waals surface area (Å²) in [5, 5.41) is 22.0. The van der Waals surface area contributed by atoms with E-state index in [9.17, 15) is 20.0 Å². The van der Waals surface area contributed by atoms with Gasteiger partial charge >= 0.3 is 0 Å². The second kappa shape index (κ2) is 5.70. The molecule has 6 heteroatoms. The molecule has 1 N–H and O–H groups in total.